The monoisotopic (exact) mass is 169 g/mol. The second kappa shape index (κ2) is 2.24. The van der Waals surface area contributed by atoms with Gasteiger partial charge in [0.2, 0.25) is 0 Å². The van der Waals surface area contributed by atoms with Crippen molar-refractivity contribution in [1.82, 2.24) is 0 Å². The maximum Gasteiger partial charge on any atom is 0.0841 e. The van der Waals surface area contributed by atoms with Crippen molar-refractivity contribution in [3.63, 3.8) is 0 Å². The predicted molar refractivity (Wildman–Crippen MR) is 48.8 cm³/mol. The third-order valence-electron chi connectivity index (χ3n) is 4.01. The summed E-state index contributed by atoms with van der Waals surface area (Å²) in [6, 6.07) is 0.255. The highest BCUT2D eigenvalue weighted by Crippen LogP contribution is 2.55. The van der Waals surface area contributed by atoms with Crippen LogP contribution in [0.15, 0.2) is 0 Å². The molecule has 1 heterocycles. The van der Waals surface area contributed by atoms with Crippen LogP contribution in [0.25, 0.3) is 0 Å². The van der Waals surface area contributed by atoms with Gasteiger partial charge in [0.1, 0.15) is 0 Å². The van der Waals surface area contributed by atoms with Crippen molar-refractivity contribution >= 4 is 0 Å². The highest BCUT2D eigenvalue weighted by Gasteiger charge is 2.61. The number of rotatable bonds is 1. The molecule has 2 heteroatoms. The Hall–Kier alpha value is -0.0800. The van der Waals surface area contributed by atoms with Crippen LogP contribution in [0.4, 0.5) is 0 Å². The van der Waals surface area contributed by atoms with E-state index in [2.05, 4.69) is 20.8 Å². The van der Waals surface area contributed by atoms with Crippen LogP contribution in [0.3, 0.4) is 0 Å². The van der Waals surface area contributed by atoms with Gasteiger partial charge in [-0.25, -0.2) is 0 Å². The van der Waals surface area contributed by atoms with Crippen molar-refractivity contribution in [2.24, 2.45) is 17.1 Å². The van der Waals surface area contributed by atoms with Gasteiger partial charge in [-0.1, -0.05) is 20.8 Å². The third-order valence-corrected chi connectivity index (χ3v) is 4.01. The fourth-order valence-electron chi connectivity index (χ4n) is 2.18. The number of nitrogens with two attached hydrogens (primary N) is 1. The summed E-state index contributed by atoms with van der Waals surface area (Å²) in [4.78, 5) is 0. The first-order valence-corrected chi connectivity index (χ1v) is 4.91. The average Bonchev–Trinajstić information content (AvgIpc) is 2.74. The normalized spacial score (nSPS) is 44.2. The molecule has 0 radical (unpaired) electrons. The van der Waals surface area contributed by atoms with E-state index < -0.39 is 0 Å². The number of hydrogen-bond donors (Lipinski definition) is 1. The molecular formula is C10H19NO. The van der Waals surface area contributed by atoms with Crippen molar-refractivity contribution in [2.45, 2.75) is 45.3 Å². The Morgan fingerprint density at radius 2 is 2.00 bits per heavy atom. The summed E-state index contributed by atoms with van der Waals surface area (Å²) in [5.41, 5.74) is 6.53. The van der Waals surface area contributed by atoms with Crippen LogP contribution in [0.2, 0.25) is 0 Å². The first-order chi connectivity index (χ1) is 5.51. The first kappa shape index (κ1) is 8.52. The molecule has 0 amide bonds. The molecule has 2 nitrogen and oxygen atoms in total. The highest BCUT2D eigenvalue weighted by molar-refractivity contribution is 5.14. The zero-order chi connectivity index (χ0) is 8.98. The molecule has 2 aliphatic rings. The Labute approximate surface area is 74.5 Å². The van der Waals surface area contributed by atoms with Gasteiger partial charge in [-0.15, -0.1) is 0 Å². The summed E-state index contributed by atoms with van der Waals surface area (Å²) in [6.45, 7) is 7.59. The SMILES string of the molecule is CC(C)C1(C)COC2(CC2)[C@H]1N. The van der Waals surface area contributed by atoms with Gasteiger partial charge in [0.05, 0.1) is 12.2 Å². The van der Waals surface area contributed by atoms with Crippen LogP contribution in [0, 0.1) is 11.3 Å². The van der Waals surface area contributed by atoms with Crippen molar-refractivity contribution in [2.75, 3.05) is 6.61 Å². The summed E-state index contributed by atoms with van der Waals surface area (Å²) >= 11 is 0. The standard InChI is InChI=1S/C10H19NO/c1-7(2)9(3)6-12-10(4-5-10)8(9)11/h7-8H,4-6,11H2,1-3H3/t8-,9?/m0/s1. The minimum Gasteiger partial charge on any atom is -0.373 e. The van der Waals surface area contributed by atoms with Gasteiger partial charge >= 0.3 is 0 Å². The Morgan fingerprint density at radius 1 is 1.42 bits per heavy atom. The lowest BCUT2D eigenvalue weighted by Crippen LogP contribution is -2.46. The molecule has 0 aromatic carbocycles. The highest BCUT2D eigenvalue weighted by atomic mass is 16.5. The largest absolute Gasteiger partial charge is 0.373 e. The molecule has 0 bridgehead atoms. The molecule has 12 heavy (non-hydrogen) atoms. The topological polar surface area (TPSA) is 35.2 Å². The number of hydrogen-bond acceptors (Lipinski definition) is 2. The molecule has 1 aliphatic heterocycles. The Bertz CT molecular complexity index is 198. The number of ether oxygens (including phenoxy) is 1. The zero-order valence-electron chi connectivity index (χ0n) is 8.26. The lowest BCUT2D eigenvalue weighted by atomic mass is 9.73. The lowest BCUT2D eigenvalue weighted by molar-refractivity contribution is 0.0719. The van der Waals surface area contributed by atoms with Crippen LogP contribution in [-0.2, 0) is 4.74 Å². The fraction of sp³-hybridized carbons (Fsp3) is 1.00. The molecule has 1 saturated carbocycles. The van der Waals surface area contributed by atoms with Crippen LogP contribution < -0.4 is 5.73 Å². The van der Waals surface area contributed by atoms with E-state index in [9.17, 15) is 0 Å². The maximum absolute atomic E-state index is 6.23. The molecule has 1 unspecified atom stereocenters. The average molecular weight is 169 g/mol. The summed E-state index contributed by atoms with van der Waals surface area (Å²) in [5.74, 6) is 0.618. The molecule has 1 aliphatic carbocycles. The summed E-state index contributed by atoms with van der Waals surface area (Å²) in [7, 11) is 0. The van der Waals surface area contributed by atoms with E-state index in [1.165, 1.54) is 12.8 Å². The second-order valence-corrected chi connectivity index (χ2v) is 4.99. The smallest absolute Gasteiger partial charge is 0.0841 e. The Balaban J connectivity index is 2.19. The van der Waals surface area contributed by atoms with Crippen LogP contribution in [-0.4, -0.2) is 18.2 Å². The minimum absolute atomic E-state index is 0.0962. The van der Waals surface area contributed by atoms with E-state index in [0.29, 0.717) is 5.92 Å². The van der Waals surface area contributed by atoms with E-state index in [0.717, 1.165) is 6.61 Å². The molecule has 0 aromatic heterocycles. The molecule has 0 aromatic rings. The van der Waals surface area contributed by atoms with E-state index in [1.54, 1.807) is 0 Å². The molecule has 2 atom stereocenters. The van der Waals surface area contributed by atoms with Crippen LogP contribution in [0.1, 0.15) is 33.6 Å². The van der Waals surface area contributed by atoms with E-state index in [-0.39, 0.29) is 17.1 Å². The van der Waals surface area contributed by atoms with Gasteiger partial charge in [0, 0.05) is 11.5 Å². The van der Waals surface area contributed by atoms with Gasteiger partial charge in [0.15, 0.2) is 0 Å². The van der Waals surface area contributed by atoms with Crippen molar-refractivity contribution < 1.29 is 4.74 Å². The fourth-order valence-corrected chi connectivity index (χ4v) is 2.18. The Kier molecular flexibility index (Phi) is 1.59. The minimum atomic E-state index is 0.0962. The van der Waals surface area contributed by atoms with Crippen LogP contribution >= 0.6 is 0 Å². The van der Waals surface area contributed by atoms with E-state index >= 15 is 0 Å². The van der Waals surface area contributed by atoms with E-state index in [4.69, 9.17) is 10.5 Å². The second-order valence-electron chi connectivity index (χ2n) is 4.99. The van der Waals surface area contributed by atoms with E-state index in [1.807, 2.05) is 0 Å². The van der Waals surface area contributed by atoms with Crippen LogP contribution in [0.5, 0.6) is 0 Å². The first-order valence-electron chi connectivity index (χ1n) is 4.91. The molecule has 70 valence electrons. The molecule has 1 spiro atoms. The summed E-state index contributed by atoms with van der Waals surface area (Å²) < 4.78 is 5.82. The van der Waals surface area contributed by atoms with Gasteiger partial charge in [0.25, 0.3) is 0 Å². The van der Waals surface area contributed by atoms with Gasteiger partial charge < -0.3 is 10.5 Å². The lowest BCUT2D eigenvalue weighted by Gasteiger charge is -2.32. The summed E-state index contributed by atoms with van der Waals surface area (Å²) in [6.07, 6.45) is 2.35. The Morgan fingerprint density at radius 3 is 2.25 bits per heavy atom. The molecule has 1 saturated heterocycles. The van der Waals surface area contributed by atoms with Crippen molar-refractivity contribution in [3.8, 4) is 0 Å². The van der Waals surface area contributed by atoms with Gasteiger partial charge in [-0.3, -0.25) is 0 Å². The van der Waals surface area contributed by atoms with Gasteiger partial charge in [-0.05, 0) is 18.8 Å². The van der Waals surface area contributed by atoms with Crippen molar-refractivity contribution in [3.05, 3.63) is 0 Å². The van der Waals surface area contributed by atoms with Crippen molar-refractivity contribution in [1.29, 1.82) is 0 Å². The quantitative estimate of drug-likeness (QED) is 0.646. The predicted octanol–water partition coefficient (Wildman–Crippen LogP) is 1.54. The molecule has 2 rings (SSSR count). The zero-order valence-corrected chi connectivity index (χ0v) is 8.26. The van der Waals surface area contributed by atoms with Gasteiger partial charge in [-0.2, -0.15) is 0 Å². The molecular weight excluding hydrogens is 150 g/mol. The molecule has 2 fully saturated rings. The maximum atomic E-state index is 6.23. The molecule has 2 N–H and O–H groups in total. The third kappa shape index (κ3) is 0.882. The summed E-state index contributed by atoms with van der Waals surface area (Å²) in [5, 5.41) is 0.